The number of hydrogen-bond donors (Lipinski definition) is 2. The number of H-pyrrole nitrogens is 1. The van der Waals surface area contributed by atoms with Gasteiger partial charge in [0, 0.05) is 18.0 Å². The van der Waals surface area contributed by atoms with Crippen LogP contribution >= 0.6 is 0 Å². The third-order valence-electron chi connectivity index (χ3n) is 3.57. The van der Waals surface area contributed by atoms with E-state index < -0.39 is 17.6 Å². The number of rotatable bonds is 2. The van der Waals surface area contributed by atoms with Crippen LogP contribution in [0.25, 0.3) is 22.0 Å². The molecule has 4 nitrogen and oxygen atoms in total. The molecule has 3 rings (SSSR count). The van der Waals surface area contributed by atoms with Crippen LogP contribution in [-0.2, 0) is 6.18 Å². The minimum absolute atomic E-state index is 0.0401. The molecule has 0 radical (unpaired) electrons. The Morgan fingerprint density at radius 3 is 2.61 bits per heavy atom. The number of hydrogen-bond acceptors (Lipinski definition) is 2. The van der Waals surface area contributed by atoms with Crippen LogP contribution < -0.4 is 5.32 Å². The number of halogens is 3. The molecule has 2 aromatic carbocycles. The molecule has 1 aromatic heterocycles. The highest BCUT2D eigenvalue weighted by atomic mass is 19.4. The number of benzene rings is 2. The van der Waals surface area contributed by atoms with Crippen LogP contribution in [0.5, 0.6) is 0 Å². The molecule has 0 aliphatic heterocycles. The minimum Gasteiger partial charge on any atom is -0.355 e. The smallest absolute Gasteiger partial charge is 0.355 e. The quantitative estimate of drug-likeness (QED) is 0.758. The molecule has 1 heterocycles. The Morgan fingerprint density at radius 2 is 1.91 bits per heavy atom. The lowest BCUT2D eigenvalue weighted by Gasteiger charge is -2.15. The first-order chi connectivity index (χ1) is 10.9. The molecule has 0 saturated heterocycles. The Labute approximate surface area is 129 Å². The van der Waals surface area contributed by atoms with Gasteiger partial charge < -0.3 is 5.32 Å². The summed E-state index contributed by atoms with van der Waals surface area (Å²) in [7, 11) is 1.43. The van der Waals surface area contributed by atoms with Gasteiger partial charge in [-0.2, -0.15) is 18.3 Å². The molecule has 2 N–H and O–H groups in total. The first-order valence-electron chi connectivity index (χ1n) is 6.77. The van der Waals surface area contributed by atoms with Gasteiger partial charge in [0.25, 0.3) is 5.91 Å². The van der Waals surface area contributed by atoms with E-state index in [9.17, 15) is 18.0 Å². The summed E-state index contributed by atoms with van der Waals surface area (Å²) in [6.07, 6.45) is -3.01. The molecular formula is C16H12F3N3O. The zero-order chi connectivity index (χ0) is 16.6. The second kappa shape index (κ2) is 5.42. The number of carbonyl (C=O) groups excluding carboxylic acids is 1. The summed E-state index contributed by atoms with van der Waals surface area (Å²) in [6, 6.07) is 8.23. The van der Waals surface area contributed by atoms with Gasteiger partial charge in [0.2, 0.25) is 0 Å². The Bertz CT molecular complexity index is 884. The Kier molecular flexibility index (Phi) is 3.55. The van der Waals surface area contributed by atoms with E-state index in [4.69, 9.17) is 0 Å². The highest BCUT2D eigenvalue weighted by Gasteiger charge is 2.34. The van der Waals surface area contributed by atoms with E-state index >= 15 is 0 Å². The molecule has 23 heavy (non-hydrogen) atoms. The van der Waals surface area contributed by atoms with Crippen molar-refractivity contribution in [3.63, 3.8) is 0 Å². The van der Waals surface area contributed by atoms with Crippen molar-refractivity contribution in [3.05, 3.63) is 53.7 Å². The Morgan fingerprint density at radius 1 is 1.17 bits per heavy atom. The Hall–Kier alpha value is -2.83. The van der Waals surface area contributed by atoms with Crippen LogP contribution in [0.1, 0.15) is 15.9 Å². The fourth-order valence-corrected chi connectivity index (χ4v) is 2.50. The highest BCUT2D eigenvalue weighted by molar-refractivity contribution is 6.05. The maximum atomic E-state index is 13.3. The molecule has 1 amide bonds. The molecule has 0 atom stereocenters. The fourth-order valence-electron chi connectivity index (χ4n) is 2.50. The standard InChI is InChI=1S/C16H12F3N3O/c1-20-15(23)12-7-14-9(8-21-22-14)6-11(12)10-4-2-3-5-13(10)16(17,18)19/h2-8H,1H3,(H,20,23)(H,21,22). The number of nitrogens with zero attached hydrogens (tertiary/aromatic N) is 1. The summed E-state index contributed by atoms with van der Waals surface area (Å²) in [5.74, 6) is -0.464. The topological polar surface area (TPSA) is 57.8 Å². The second-order valence-electron chi connectivity index (χ2n) is 4.98. The van der Waals surface area contributed by atoms with Gasteiger partial charge in [-0.05, 0) is 29.3 Å². The van der Waals surface area contributed by atoms with E-state index in [1.807, 2.05) is 0 Å². The normalized spacial score (nSPS) is 11.7. The van der Waals surface area contributed by atoms with Crippen LogP contribution in [0.3, 0.4) is 0 Å². The van der Waals surface area contributed by atoms with Gasteiger partial charge in [-0.25, -0.2) is 0 Å². The van der Waals surface area contributed by atoms with Crippen molar-refractivity contribution < 1.29 is 18.0 Å². The maximum Gasteiger partial charge on any atom is 0.417 e. The SMILES string of the molecule is CNC(=O)c1cc2[nH]ncc2cc1-c1ccccc1C(F)(F)F. The van der Waals surface area contributed by atoms with Crippen molar-refractivity contribution in [1.29, 1.82) is 0 Å². The average molecular weight is 319 g/mol. The summed E-state index contributed by atoms with van der Waals surface area (Å²) in [4.78, 5) is 12.1. The van der Waals surface area contributed by atoms with E-state index in [1.54, 1.807) is 0 Å². The summed E-state index contributed by atoms with van der Waals surface area (Å²) >= 11 is 0. The second-order valence-corrected chi connectivity index (χ2v) is 4.98. The van der Waals surface area contributed by atoms with Gasteiger partial charge in [0.1, 0.15) is 0 Å². The number of fused-ring (bicyclic) bond motifs is 1. The van der Waals surface area contributed by atoms with E-state index in [-0.39, 0.29) is 16.7 Å². The van der Waals surface area contributed by atoms with Gasteiger partial charge in [0.05, 0.1) is 17.3 Å². The van der Waals surface area contributed by atoms with Crippen molar-refractivity contribution in [2.45, 2.75) is 6.18 Å². The first-order valence-corrected chi connectivity index (χ1v) is 6.77. The maximum absolute atomic E-state index is 13.3. The molecule has 7 heteroatoms. The van der Waals surface area contributed by atoms with Crippen molar-refractivity contribution in [2.75, 3.05) is 7.05 Å². The fraction of sp³-hybridized carbons (Fsp3) is 0.125. The van der Waals surface area contributed by atoms with E-state index in [0.717, 1.165) is 6.07 Å². The average Bonchev–Trinajstić information content (AvgIpc) is 2.99. The number of carbonyl (C=O) groups is 1. The summed E-state index contributed by atoms with van der Waals surface area (Å²) in [6.45, 7) is 0. The first kappa shape index (κ1) is 15.1. The van der Waals surface area contributed by atoms with Gasteiger partial charge in [-0.3, -0.25) is 9.89 Å². The Balaban J connectivity index is 2.33. The van der Waals surface area contributed by atoms with Gasteiger partial charge in [-0.15, -0.1) is 0 Å². The number of aromatic amines is 1. The molecule has 0 saturated carbocycles. The van der Waals surface area contributed by atoms with Crippen LogP contribution in [-0.4, -0.2) is 23.2 Å². The monoisotopic (exact) mass is 319 g/mol. The third-order valence-corrected chi connectivity index (χ3v) is 3.57. The molecule has 3 aromatic rings. The number of aromatic nitrogens is 2. The predicted molar refractivity (Wildman–Crippen MR) is 79.9 cm³/mol. The summed E-state index contributed by atoms with van der Waals surface area (Å²) in [5.41, 5.74) is 0.124. The van der Waals surface area contributed by atoms with Gasteiger partial charge in [0.15, 0.2) is 0 Å². The molecule has 0 aliphatic rings. The number of nitrogens with one attached hydrogen (secondary N) is 2. The van der Waals surface area contributed by atoms with Crippen LogP contribution in [0, 0.1) is 0 Å². The number of amides is 1. The van der Waals surface area contributed by atoms with Crippen molar-refractivity contribution >= 4 is 16.8 Å². The molecule has 0 fully saturated rings. The lowest BCUT2D eigenvalue weighted by molar-refractivity contribution is -0.137. The van der Waals surface area contributed by atoms with Gasteiger partial charge >= 0.3 is 6.18 Å². The van der Waals surface area contributed by atoms with E-state index in [0.29, 0.717) is 10.9 Å². The van der Waals surface area contributed by atoms with Crippen molar-refractivity contribution in [3.8, 4) is 11.1 Å². The lowest BCUT2D eigenvalue weighted by Crippen LogP contribution is -2.19. The predicted octanol–water partition coefficient (Wildman–Crippen LogP) is 3.61. The van der Waals surface area contributed by atoms with Crippen molar-refractivity contribution in [2.24, 2.45) is 0 Å². The van der Waals surface area contributed by atoms with Crippen LogP contribution in [0.15, 0.2) is 42.6 Å². The third kappa shape index (κ3) is 2.65. The van der Waals surface area contributed by atoms with Crippen LogP contribution in [0.4, 0.5) is 13.2 Å². The molecular weight excluding hydrogens is 307 g/mol. The molecule has 118 valence electrons. The zero-order valence-electron chi connectivity index (χ0n) is 12.0. The van der Waals surface area contributed by atoms with E-state index in [2.05, 4.69) is 15.5 Å². The lowest BCUT2D eigenvalue weighted by atomic mass is 9.93. The minimum atomic E-state index is -4.51. The summed E-state index contributed by atoms with van der Waals surface area (Å²) < 4.78 is 39.9. The van der Waals surface area contributed by atoms with Crippen LogP contribution in [0.2, 0.25) is 0 Å². The molecule has 0 unspecified atom stereocenters. The molecule has 0 bridgehead atoms. The summed E-state index contributed by atoms with van der Waals surface area (Å²) in [5, 5.41) is 9.65. The van der Waals surface area contributed by atoms with Gasteiger partial charge in [-0.1, -0.05) is 18.2 Å². The van der Waals surface area contributed by atoms with Crippen molar-refractivity contribution in [1.82, 2.24) is 15.5 Å². The zero-order valence-corrected chi connectivity index (χ0v) is 12.0. The molecule has 0 aliphatic carbocycles. The van der Waals surface area contributed by atoms with E-state index in [1.165, 1.54) is 43.6 Å². The highest BCUT2D eigenvalue weighted by Crippen LogP contribution is 2.39. The largest absolute Gasteiger partial charge is 0.417 e. The number of alkyl halides is 3. The molecule has 0 spiro atoms.